The lowest BCUT2D eigenvalue weighted by atomic mass is 9.97. The highest BCUT2D eigenvalue weighted by atomic mass is 16.3. The van der Waals surface area contributed by atoms with E-state index in [1.807, 2.05) is 72.8 Å². The van der Waals surface area contributed by atoms with E-state index in [0.717, 1.165) is 88.4 Å². The van der Waals surface area contributed by atoms with E-state index < -0.39 is 0 Å². The number of fused-ring (bicyclic) bond motifs is 9. The summed E-state index contributed by atoms with van der Waals surface area (Å²) in [7, 11) is 0. The van der Waals surface area contributed by atoms with Crippen LogP contribution in [0.25, 0.3) is 117 Å². The van der Waals surface area contributed by atoms with Gasteiger partial charge in [-0.15, -0.1) is 0 Å². The van der Waals surface area contributed by atoms with Gasteiger partial charge in [0.05, 0.1) is 22.3 Å². The lowest BCUT2D eigenvalue weighted by molar-refractivity contribution is 0.668. The van der Waals surface area contributed by atoms with Crippen molar-refractivity contribution in [2.45, 2.75) is 0 Å². The summed E-state index contributed by atoms with van der Waals surface area (Å²) in [6, 6.07) is 62.6. The number of rotatable bonds is 5. The molecule has 12 aromatic rings. The van der Waals surface area contributed by atoms with Crippen LogP contribution in [0.5, 0.6) is 0 Å². The van der Waals surface area contributed by atoms with Crippen LogP contribution in [0.3, 0.4) is 0 Å². The summed E-state index contributed by atoms with van der Waals surface area (Å²) in [6.07, 6.45) is 0. The van der Waals surface area contributed by atoms with Gasteiger partial charge in [0, 0.05) is 49.0 Å². The molecule has 0 spiro atoms. The monoisotopic (exact) mass is 730 g/mol. The molecule has 0 fully saturated rings. The van der Waals surface area contributed by atoms with Crippen molar-refractivity contribution in [3.05, 3.63) is 182 Å². The Balaban J connectivity index is 1.09. The molecule has 0 radical (unpaired) electrons. The maximum Gasteiger partial charge on any atom is 0.167 e. The second-order valence-electron chi connectivity index (χ2n) is 14.3. The molecule has 0 aliphatic rings. The van der Waals surface area contributed by atoms with E-state index in [0.29, 0.717) is 17.5 Å². The highest BCUT2D eigenvalue weighted by molar-refractivity contribution is 6.17. The van der Waals surface area contributed by atoms with E-state index in [4.69, 9.17) is 23.8 Å². The zero-order chi connectivity index (χ0) is 37.5. The van der Waals surface area contributed by atoms with Gasteiger partial charge in [0.25, 0.3) is 0 Å². The summed E-state index contributed by atoms with van der Waals surface area (Å²) in [5.74, 6) is 1.67. The number of furan rings is 2. The lowest BCUT2D eigenvalue weighted by Crippen LogP contribution is -2.00. The van der Waals surface area contributed by atoms with Gasteiger partial charge in [0.1, 0.15) is 22.3 Å². The molecule has 266 valence electrons. The average Bonchev–Trinajstić information content (AvgIpc) is 3.96. The molecule has 0 amide bonds. The molecule has 0 saturated carbocycles. The minimum atomic E-state index is 0.528. The summed E-state index contributed by atoms with van der Waals surface area (Å²) in [5.41, 5.74) is 11.3. The smallest absolute Gasteiger partial charge is 0.167 e. The van der Waals surface area contributed by atoms with Crippen LogP contribution in [-0.2, 0) is 0 Å². The largest absolute Gasteiger partial charge is 0.456 e. The Bertz CT molecular complexity index is 3490. The molecule has 0 N–H and O–H groups in total. The van der Waals surface area contributed by atoms with Crippen molar-refractivity contribution in [2.24, 2.45) is 0 Å². The third kappa shape index (κ3) is 4.81. The Hall–Kier alpha value is -7.83. The van der Waals surface area contributed by atoms with Gasteiger partial charge < -0.3 is 13.4 Å². The molecular weight excluding hydrogens is 701 g/mol. The normalized spacial score (nSPS) is 11.9. The second kappa shape index (κ2) is 12.3. The van der Waals surface area contributed by atoms with Crippen LogP contribution in [0.1, 0.15) is 0 Å². The third-order valence-electron chi connectivity index (χ3n) is 11.1. The fourth-order valence-electron chi connectivity index (χ4n) is 8.62. The van der Waals surface area contributed by atoms with Gasteiger partial charge in [-0.25, -0.2) is 15.0 Å². The van der Waals surface area contributed by atoms with Crippen LogP contribution >= 0.6 is 0 Å². The number of benzene rings is 8. The first-order valence-corrected chi connectivity index (χ1v) is 19.0. The van der Waals surface area contributed by atoms with E-state index in [1.165, 1.54) is 10.8 Å². The molecule has 6 heteroatoms. The molecule has 0 bridgehead atoms. The van der Waals surface area contributed by atoms with E-state index >= 15 is 0 Å². The maximum absolute atomic E-state index is 6.86. The Morgan fingerprint density at radius 1 is 0.333 bits per heavy atom. The summed E-state index contributed by atoms with van der Waals surface area (Å²) in [4.78, 5) is 15.4. The first kappa shape index (κ1) is 31.5. The number of nitrogens with zero attached hydrogens (tertiary/aromatic N) is 4. The highest BCUT2D eigenvalue weighted by Gasteiger charge is 2.23. The third-order valence-corrected chi connectivity index (χ3v) is 11.1. The van der Waals surface area contributed by atoms with Crippen molar-refractivity contribution in [3.63, 3.8) is 0 Å². The molecule has 12 rings (SSSR count). The average molecular weight is 731 g/mol. The molecule has 57 heavy (non-hydrogen) atoms. The van der Waals surface area contributed by atoms with Gasteiger partial charge >= 0.3 is 0 Å². The zero-order valence-electron chi connectivity index (χ0n) is 30.4. The van der Waals surface area contributed by atoms with E-state index in [2.05, 4.69) is 114 Å². The van der Waals surface area contributed by atoms with Crippen molar-refractivity contribution >= 4 is 65.7 Å². The Morgan fingerprint density at radius 2 is 0.842 bits per heavy atom. The Morgan fingerprint density at radius 3 is 1.63 bits per heavy atom. The van der Waals surface area contributed by atoms with Crippen LogP contribution in [0.15, 0.2) is 191 Å². The SMILES string of the molecule is c1ccc(-c2nc(-c3cccc4c3oc3cccc(-c5ccccc5-n5c6ccccc6c6ccccc65)c34)nc(-c3cccc4oc5ccccc5c34)n2)cc1. The Labute approximate surface area is 325 Å². The van der Waals surface area contributed by atoms with Gasteiger partial charge in [-0.3, -0.25) is 0 Å². The minimum Gasteiger partial charge on any atom is -0.456 e. The summed E-state index contributed by atoms with van der Waals surface area (Å²) < 4.78 is 15.5. The van der Waals surface area contributed by atoms with Crippen molar-refractivity contribution < 1.29 is 8.83 Å². The van der Waals surface area contributed by atoms with E-state index in [9.17, 15) is 0 Å². The topological polar surface area (TPSA) is 69.9 Å². The second-order valence-corrected chi connectivity index (χ2v) is 14.3. The van der Waals surface area contributed by atoms with Gasteiger partial charge in [0.15, 0.2) is 17.5 Å². The molecule has 0 aliphatic heterocycles. The fraction of sp³-hybridized carbons (Fsp3) is 0. The number of hydrogen-bond donors (Lipinski definition) is 0. The standard InChI is InChI=1S/C51H30N4O2/c1-2-15-31(16-3-1)49-52-50(38-23-14-29-44-47(38)36-20-7-11-28-43(36)56-44)54-51(53-49)39-24-12-22-37-46-35(21-13-30-45(46)57-48(37)39)34-19-6-10-27-42(34)55-40-25-8-4-17-32(40)33-18-5-9-26-41(33)55/h1-30H. The summed E-state index contributed by atoms with van der Waals surface area (Å²) >= 11 is 0. The molecule has 0 saturated heterocycles. The summed E-state index contributed by atoms with van der Waals surface area (Å²) in [5, 5.41) is 6.46. The highest BCUT2D eigenvalue weighted by Crippen LogP contribution is 2.44. The van der Waals surface area contributed by atoms with Crippen LogP contribution < -0.4 is 0 Å². The number of aromatic nitrogens is 4. The molecular formula is C51H30N4O2. The molecule has 6 nitrogen and oxygen atoms in total. The number of hydrogen-bond acceptors (Lipinski definition) is 5. The van der Waals surface area contributed by atoms with Crippen LogP contribution in [0.4, 0.5) is 0 Å². The van der Waals surface area contributed by atoms with E-state index in [-0.39, 0.29) is 0 Å². The molecule has 0 aliphatic carbocycles. The molecule has 4 heterocycles. The summed E-state index contributed by atoms with van der Waals surface area (Å²) in [6.45, 7) is 0. The minimum absolute atomic E-state index is 0.528. The van der Waals surface area contributed by atoms with Gasteiger partial charge in [-0.1, -0.05) is 140 Å². The fourth-order valence-corrected chi connectivity index (χ4v) is 8.62. The van der Waals surface area contributed by atoms with Crippen molar-refractivity contribution in [1.82, 2.24) is 19.5 Å². The lowest BCUT2D eigenvalue weighted by Gasteiger charge is -2.14. The van der Waals surface area contributed by atoms with Gasteiger partial charge in [-0.2, -0.15) is 0 Å². The van der Waals surface area contributed by atoms with Gasteiger partial charge in [0.2, 0.25) is 0 Å². The van der Waals surface area contributed by atoms with E-state index in [1.54, 1.807) is 0 Å². The van der Waals surface area contributed by atoms with Crippen molar-refractivity contribution in [2.75, 3.05) is 0 Å². The van der Waals surface area contributed by atoms with Gasteiger partial charge in [-0.05, 0) is 48.0 Å². The predicted molar refractivity (Wildman–Crippen MR) is 230 cm³/mol. The molecule has 0 atom stereocenters. The van der Waals surface area contributed by atoms with Crippen molar-refractivity contribution in [3.8, 4) is 51.0 Å². The quantitative estimate of drug-likeness (QED) is 0.176. The first-order valence-electron chi connectivity index (χ1n) is 19.0. The maximum atomic E-state index is 6.86. The number of para-hydroxylation sites is 5. The van der Waals surface area contributed by atoms with Crippen LogP contribution in [0, 0.1) is 0 Å². The molecule has 8 aromatic carbocycles. The Kier molecular flexibility index (Phi) is 6.83. The van der Waals surface area contributed by atoms with Crippen LogP contribution in [0.2, 0.25) is 0 Å². The predicted octanol–water partition coefficient (Wildman–Crippen LogP) is 13.4. The zero-order valence-corrected chi connectivity index (χ0v) is 30.4. The molecule has 4 aromatic heterocycles. The van der Waals surface area contributed by atoms with Crippen molar-refractivity contribution in [1.29, 1.82) is 0 Å². The molecule has 0 unspecified atom stereocenters. The first-order chi connectivity index (χ1) is 28.3. The van der Waals surface area contributed by atoms with Crippen LogP contribution in [-0.4, -0.2) is 19.5 Å².